The molecule has 0 amide bonds. The van der Waals surface area contributed by atoms with Crippen molar-refractivity contribution in [2.75, 3.05) is 0 Å². The van der Waals surface area contributed by atoms with E-state index in [4.69, 9.17) is 0 Å². The van der Waals surface area contributed by atoms with Crippen molar-refractivity contribution in [1.29, 1.82) is 0 Å². The molecule has 20 heavy (non-hydrogen) atoms. The zero-order valence-corrected chi connectivity index (χ0v) is 12.4. The van der Waals surface area contributed by atoms with Crippen molar-refractivity contribution in [3.8, 4) is 0 Å². The highest BCUT2D eigenvalue weighted by atomic mass is 19.1. The number of halogens is 1. The van der Waals surface area contributed by atoms with E-state index in [1.54, 1.807) is 6.07 Å². The van der Waals surface area contributed by atoms with Gasteiger partial charge >= 0.3 is 0 Å². The number of hydrogen-bond donors (Lipinski definition) is 0. The summed E-state index contributed by atoms with van der Waals surface area (Å²) in [5, 5.41) is 0. The summed E-state index contributed by atoms with van der Waals surface area (Å²) in [6.45, 7) is 3.89. The average molecular weight is 274 g/mol. The Morgan fingerprint density at radius 2 is 2.15 bits per heavy atom. The third kappa shape index (κ3) is 3.78. The molecular formula is C18H23FO. The SMILES string of the molecule is CCC(=O)/C=C1/CCCC(c2cc(C)ccc2F)CC1. The maximum atomic E-state index is 14.0. The van der Waals surface area contributed by atoms with E-state index in [0.29, 0.717) is 6.42 Å². The van der Waals surface area contributed by atoms with Crippen LogP contribution in [0.4, 0.5) is 4.39 Å². The minimum Gasteiger partial charge on any atom is -0.295 e. The number of carbonyl (C=O) groups excluding carboxylic acids is 1. The smallest absolute Gasteiger partial charge is 0.155 e. The Bertz CT molecular complexity index is 516. The predicted octanol–water partition coefficient (Wildman–Crippen LogP) is 5.09. The van der Waals surface area contributed by atoms with Crippen LogP contribution in [0.1, 0.15) is 62.5 Å². The first-order chi connectivity index (χ1) is 9.60. The van der Waals surface area contributed by atoms with Crippen LogP contribution in [0, 0.1) is 12.7 Å². The van der Waals surface area contributed by atoms with E-state index in [-0.39, 0.29) is 17.5 Å². The van der Waals surface area contributed by atoms with Gasteiger partial charge in [-0.1, -0.05) is 30.2 Å². The highest BCUT2D eigenvalue weighted by molar-refractivity contribution is 5.90. The Labute approximate surface area is 120 Å². The molecule has 0 spiro atoms. The van der Waals surface area contributed by atoms with Gasteiger partial charge in [-0.3, -0.25) is 4.79 Å². The Balaban J connectivity index is 2.11. The van der Waals surface area contributed by atoms with Gasteiger partial charge in [0.15, 0.2) is 5.78 Å². The van der Waals surface area contributed by atoms with Gasteiger partial charge in [-0.15, -0.1) is 0 Å². The summed E-state index contributed by atoms with van der Waals surface area (Å²) in [4.78, 5) is 11.5. The predicted molar refractivity (Wildman–Crippen MR) is 80.3 cm³/mol. The second kappa shape index (κ2) is 6.83. The molecule has 1 aromatic rings. The lowest BCUT2D eigenvalue weighted by Crippen LogP contribution is -2.01. The molecule has 0 aliphatic heterocycles. The van der Waals surface area contributed by atoms with E-state index >= 15 is 0 Å². The van der Waals surface area contributed by atoms with Gasteiger partial charge in [0.1, 0.15) is 5.82 Å². The van der Waals surface area contributed by atoms with Crippen molar-refractivity contribution in [3.05, 3.63) is 46.8 Å². The zero-order valence-electron chi connectivity index (χ0n) is 12.4. The number of hydrogen-bond acceptors (Lipinski definition) is 1. The van der Waals surface area contributed by atoms with Gasteiger partial charge in [0.05, 0.1) is 0 Å². The number of rotatable bonds is 3. The molecule has 1 nitrogen and oxygen atoms in total. The van der Waals surface area contributed by atoms with Crippen LogP contribution in [0.25, 0.3) is 0 Å². The highest BCUT2D eigenvalue weighted by Crippen LogP contribution is 2.35. The van der Waals surface area contributed by atoms with Gasteiger partial charge in [0.25, 0.3) is 0 Å². The van der Waals surface area contributed by atoms with E-state index in [9.17, 15) is 9.18 Å². The number of benzene rings is 1. The fraction of sp³-hybridized carbons (Fsp3) is 0.500. The second-order valence-electron chi connectivity index (χ2n) is 5.78. The summed E-state index contributed by atoms with van der Waals surface area (Å²) < 4.78 is 14.0. The second-order valence-corrected chi connectivity index (χ2v) is 5.78. The van der Waals surface area contributed by atoms with Gasteiger partial charge in [0.2, 0.25) is 0 Å². The van der Waals surface area contributed by atoms with Crippen LogP contribution in [0.3, 0.4) is 0 Å². The Kier molecular flexibility index (Phi) is 5.11. The molecule has 0 saturated heterocycles. The summed E-state index contributed by atoms with van der Waals surface area (Å²) in [6, 6.07) is 5.37. The maximum absolute atomic E-state index is 14.0. The van der Waals surface area contributed by atoms with Crippen molar-refractivity contribution in [3.63, 3.8) is 0 Å². The largest absolute Gasteiger partial charge is 0.295 e. The minimum absolute atomic E-state index is 0.0855. The fourth-order valence-electron chi connectivity index (χ4n) is 2.97. The van der Waals surface area contributed by atoms with Crippen LogP contribution in [0.15, 0.2) is 29.8 Å². The first kappa shape index (κ1) is 15.0. The lowest BCUT2D eigenvalue weighted by Gasteiger charge is -2.15. The lowest BCUT2D eigenvalue weighted by molar-refractivity contribution is -0.114. The van der Waals surface area contributed by atoms with E-state index < -0.39 is 0 Å². The third-order valence-corrected chi connectivity index (χ3v) is 4.17. The standard InChI is InChI=1S/C18H23FO/c1-3-16(20)12-14-5-4-6-15(9-8-14)17-11-13(2)7-10-18(17)19/h7,10-12,15H,3-6,8-9H2,1-2H3/b14-12-. The van der Waals surface area contributed by atoms with Crippen molar-refractivity contribution < 1.29 is 9.18 Å². The lowest BCUT2D eigenvalue weighted by atomic mass is 9.90. The molecule has 0 N–H and O–H groups in total. The highest BCUT2D eigenvalue weighted by Gasteiger charge is 2.19. The van der Waals surface area contributed by atoms with Crippen LogP contribution in [0.5, 0.6) is 0 Å². The van der Waals surface area contributed by atoms with E-state index in [2.05, 4.69) is 0 Å². The van der Waals surface area contributed by atoms with E-state index in [0.717, 1.165) is 43.2 Å². The molecule has 2 heteroatoms. The quantitative estimate of drug-likeness (QED) is 0.554. The molecule has 1 fully saturated rings. The van der Waals surface area contributed by atoms with Gasteiger partial charge < -0.3 is 0 Å². The van der Waals surface area contributed by atoms with Gasteiger partial charge in [-0.2, -0.15) is 0 Å². The summed E-state index contributed by atoms with van der Waals surface area (Å²) in [5.41, 5.74) is 3.21. The summed E-state index contributed by atoms with van der Waals surface area (Å²) in [7, 11) is 0. The molecule has 0 bridgehead atoms. The number of carbonyl (C=O) groups is 1. The van der Waals surface area contributed by atoms with Crippen LogP contribution < -0.4 is 0 Å². The molecule has 108 valence electrons. The first-order valence-electron chi connectivity index (χ1n) is 7.58. The summed E-state index contributed by atoms with van der Waals surface area (Å²) >= 11 is 0. The van der Waals surface area contributed by atoms with Gasteiger partial charge in [0, 0.05) is 6.42 Å². The van der Waals surface area contributed by atoms with Crippen LogP contribution >= 0.6 is 0 Å². The third-order valence-electron chi connectivity index (χ3n) is 4.17. The molecule has 1 saturated carbocycles. The summed E-state index contributed by atoms with van der Waals surface area (Å²) in [6.07, 6.45) is 7.29. The number of aryl methyl sites for hydroxylation is 1. The molecule has 2 rings (SSSR count). The Morgan fingerprint density at radius 3 is 2.90 bits per heavy atom. The van der Waals surface area contributed by atoms with Crippen LogP contribution in [-0.4, -0.2) is 5.78 Å². The van der Waals surface area contributed by atoms with Crippen molar-refractivity contribution >= 4 is 5.78 Å². The maximum Gasteiger partial charge on any atom is 0.155 e. The number of allylic oxidation sites excluding steroid dienone is 2. The fourth-order valence-corrected chi connectivity index (χ4v) is 2.97. The first-order valence-corrected chi connectivity index (χ1v) is 7.58. The molecule has 0 aromatic heterocycles. The molecule has 1 aromatic carbocycles. The van der Waals surface area contributed by atoms with Crippen LogP contribution in [0.2, 0.25) is 0 Å². The van der Waals surface area contributed by atoms with E-state index in [1.165, 1.54) is 5.57 Å². The molecule has 1 atom stereocenters. The molecule has 1 aliphatic carbocycles. The molecule has 1 unspecified atom stereocenters. The van der Waals surface area contributed by atoms with E-state index in [1.807, 2.05) is 32.1 Å². The minimum atomic E-state index is -0.0855. The van der Waals surface area contributed by atoms with Crippen molar-refractivity contribution in [1.82, 2.24) is 0 Å². The monoisotopic (exact) mass is 274 g/mol. The van der Waals surface area contributed by atoms with Crippen molar-refractivity contribution in [2.45, 2.75) is 58.3 Å². The molecule has 1 aliphatic rings. The average Bonchev–Trinajstić information content (AvgIpc) is 2.67. The van der Waals surface area contributed by atoms with Gasteiger partial charge in [-0.25, -0.2) is 4.39 Å². The Morgan fingerprint density at radius 1 is 1.35 bits per heavy atom. The molecule has 0 radical (unpaired) electrons. The number of ketones is 1. The Hall–Kier alpha value is -1.44. The molecular weight excluding hydrogens is 251 g/mol. The normalized spacial score (nSPS) is 21.8. The van der Waals surface area contributed by atoms with Gasteiger partial charge in [-0.05, 0) is 62.7 Å². The topological polar surface area (TPSA) is 17.1 Å². The molecule has 0 heterocycles. The zero-order chi connectivity index (χ0) is 14.5. The summed E-state index contributed by atoms with van der Waals surface area (Å²) in [5.74, 6) is 0.412. The van der Waals surface area contributed by atoms with Crippen molar-refractivity contribution in [2.24, 2.45) is 0 Å². The van der Waals surface area contributed by atoms with Crippen LogP contribution in [-0.2, 0) is 4.79 Å².